The molecule has 1 aromatic rings. The molecular weight excluding hydrogens is 126 g/mol. The molecule has 0 aliphatic rings. The maximum atomic E-state index is 11.0. The van der Waals surface area contributed by atoms with Crippen molar-refractivity contribution in [1.29, 1.82) is 0 Å². The number of benzene rings is 1. The Morgan fingerprint density at radius 3 is 2.60 bits per heavy atom. The summed E-state index contributed by atoms with van der Waals surface area (Å²) in [6.07, 6.45) is 0. The lowest BCUT2D eigenvalue weighted by molar-refractivity contribution is 0.350. The molecule has 0 saturated heterocycles. The van der Waals surface area contributed by atoms with E-state index in [0.29, 0.717) is 5.56 Å². The Labute approximate surface area is 60.3 Å². The van der Waals surface area contributed by atoms with Crippen LogP contribution in [-0.2, 0) is 11.7 Å². The van der Waals surface area contributed by atoms with E-state index >= 15 is 0 Å². The Balaban J connectivity index is 3.17. The van der Waals surface area contributed by atoms with Crippen molar-refractivity contribution in [3.63, 3.8) is 0 Å². The van der Waals surface area contributed by atoms with E-state index in [1.165, 1.54) is 6.07 Å². The summed E-state index contributed by atoms with van der Waals surface area (Å²) in [5.74, 6) is -0.0185. The van der Waals surface area contributed by atoms with Crippen molar-refractivity contribution in [2.75, 3.05) is 0 Å². The van der Waals surface area contributed by atoms with Crippen LogP contribution in [-0.4, -0.2) is 0 Å². The molecule has 0 unspecified atom stereocenters. The van der Waals surface area contributed by atoms with Gasteiger partial charge in [0, 0.05) is 12.1 Å². The number of hydrogen-bond donors (Lipinski definition) is 1. The molecule has 0 aliphatic carbocycles. The maximum absolute atomic E-state index is 11.0. The fourth-order valence-corrected chi connectivity index (χ4v) is 0.843. The van der Waals surface area contributed by atoms with Gasteiger partial charge in [0.15, 0.2) is 5.75 Å². The van der Waals surface area contributed by atoms with Gasteiger partial charge in [-0.15, -0.1) is 0 Å². The van der Waals surface area contributed by atoms with E-state index in [-0.39, 0.29) is 12.3 Å². The largest absolute Gasteiger partial charge is 0.326 e. The van der Waals surface area contributed by atoms with Crippen LogP contribution in [0.1, 0.15) is 11.1 Å². The van der Waals surface area contributed by atoms with E-state index in [2.05, 4.69) is 6.92 Å². The third-order valence-corrected chi connectivity index (χ3v) is 1.43. The Morgan fingerprint density at radius 1 is 1.50 bits per heavy atom. The molecule has 2 nitrogen and oxygen atoms in total. The number of nitrogens with two attached hydrogens (primary N) is 1. The van der Waals surface area contributed by atoms with Gasteiger partial charge in [-0.1, -0.05) is 12.1 Å². The van der Waals surface area contributed by atoms with Crippen LogP contribution in [0.4, 0.5) is 0 Å². The van der Waals surface area contributed by atoms with Gasteiger partial charge >= 0.3 is 0 Å². The molecule has 0 aliphatic heterocycles. The third-order valence-electron chi connectivity index (χ3n) is 1.43. The van der Waals surface area contributed by atoms with E-state index in [4.69, 9.17) is 5.73 Å². The lowest BCUT2D eigenvalue weighted by Crippen LogP contribution is -1.98. The van der Waals surface area contributed by atoms with Crippen molar-refractivity contribution in [3.05, 3.63) is 36.2 Å². The number of rotatable bonds is 1. The van der Waals surface area contributed by atoms with Crippen LogP contribution in [0.25, 0.3) is 0 Å². The molecule has 0 spiro atoms. The first kappa shape index (κ1) is 7.09. The molecule has 0 fully saturated rings. The van der Waals surface area contributed by atoms with Crippen LogP contribution in [0.5, 0.6) is 5.75 Å². The number of hydrogen-bond acceptors (Lipinski definition) is 1. The zero-order valence-corrected chi connectivity index (χ0v) is 5.63. The molecule has 0 saturated carbocycles. The van der Waals surface area contributed by atoms with Crippen molar-refractivity contribution in [3.8, 4) is 5.75 Å². The SMILES string of the molecule is [CH2]c1cccc([O])c1CN. The quantitative estimate of drug-likeness (QED) is 0.622. The molecule has 2 radical (unpaired) electrons. The molecular formula is C8H9NO. The smallest absolute Gasteiger partial charge is 0.183 e. The standard InChI is InChI=1S/C8H9NO/c1-6-3-2-4-8(10)7(6)5-9/h2-4H,1,5,9H2. The normalized spacial score (nSPS) is 9.80. The van der Waals surface area contributed by atoms with Gasteiger partial charge in [-0.25, -0.2) is 0 Å². The average Bonchev–Trinajstić information content (AvgIpc) is 1.88. The Kier molecular flexibility index (Phi) is 1.92. The van der Waals surface area contributed by atoms with Crippen LogP contribution in [0.3, 0.4) is 0 Å². The first-order chi connectivity index (χ1) is 4.75. The predicted molar refractivity (Wildman–Crippen MR) is 38.9 cm³/mol. The average molecular weight is 135 g/mol. The van der Waals surface area contributed by atoms with Crippen LogP contribution in [0.2, 0.25) is 0 Å². The second-order valence-corrected chi connectivity index (χ2v) is 2.10. The molecule has 1 rings (SSSR count). The van der Waals surface area contributed by atoms with Gasteiger partial charge in [-0.2, -0.15) is 0 Å². The van der Waals surface area contributed by atoms with Gasteiger partial charge in [0.2, 0.25) is 0 Å². The first-order valence-electron chi connectivity index (χ1n) is 3.06. The fourth-order valence-electron chi connectivity index (χ4n) is 0.843. The Bertz CT molecular complexity index is 212. The van der Waals surface area contributed by atoms with Crippen molar-refractivity contribution < 1.29 is 5.11 Å². The summed E-state index contributed by atoms with van der Waals surface area (Å²) in [7, 11) is 0. The highest BCUT2D eigenvalue weighted by Gasteiger charge is 2.01. The molecule has 0 aromatic heterocycles. The molecule has 0 bridgehead atoms. The Hall–Kier alpha value is -1.02. The summed E-state index contributed by atoms with van der Waals surface area (Å²) in [5.41, 5.74) is 6.66. The molecule has 0 atom stereocenters. The van der Waals surface area contributed by atoms with Crippen LogP contribution >= 0.6 is 0 Å². The predicted octanol–water partition coefficient (Wildman–Crippen LogP) is 1.47. The van der Waals surface area contributed by atoms with Gasteiger partial charge in [0.05, 0.1) is 0 Å². The highest BCUT2D eigenvalue weighted by atomic mass is 16.3. The highest BCUT2D eigenvalue weighted by Crippen LogP contribution is 2.19. The zero-order chi connectivity index (χ0) is 7.56. The molecule has 1 aromatic carbocycles. The van der Waals surface area contributed by atoms with Gasteiger partial charge < -0.3 is 5.73 Å². The summed E-state index contributed by atoms with van der Waals surface area (Å²) < 4.78 is 0. The summed E-state index contributed by atoms with van der Waals surface area (Å²) in [6.45, 7) is 3.95. The minimum absolute atomic E-state index is 0.0185. The van der Waals surface area contributed by atoms with Gasteiger partial charge in [-0.05, 0) is 18.6 Å². The van der Waals surface area contributed by atoms with E-state index in [1.54, 1.807) is 12.1 Å². The van der Waals surface area contributed by atoms with Crippen LogP contribution < -0.4 is 5.73 Å². The van der Waals surface area contributed by atoms with Crippen molar-refractivity contribution in [2.45, 2.75) is 6.54 Å². The lowest BCUT2D eigenvalue weighted by Gasteiger charge is -2.00. The maximum Gasteiger partial charge on any atom is 0.183 e. The molecule has 2 N–H and O–H groups in total. The van der Waals surface area contributed by atoms with Gasteiger partial charge in [0.25, 0.3) is 0 Å². The van der Waals surface area contributed by atoms with E-state index in [9.17, 15) is 5.11 Å². The van der Waals surface area contributed by atoms with Crippen molar-refractivity contribution in [2.24, 2.45) is 5.73 Å². The van der Waals surface area contributed by atoms with E-state index < -0.39 is 0 Å². The summed E-state index contributed by atoms with van der Waals surface area (Å²) in [4.78, 5) is 0. The van der Waals surface area contributed by atoms with E-state index in [1.807, 2.05) is 0 Å². The molecule has 0 heterocycles. The fraction of sp³-hybridized carbons (Fsp3) is 0.125. The molecule has 10 heavy (non-hydrogen) atoms. The minimum atomic E-state index is -0.0185. The topological polar surface area (TPSA) is 45.9 Å². The van der Waals surface area contributed by atoms with Crippen molar-refractivity contribution in [1.82, 2.24) is 0 Å². The molecule has 52 valence electrons. The van der Waals surface area contributed by atoms with Crippen molar-refractivity contribution >= 4 is 0 Å². The molecule has 2 heteroatoms. The molecule has 0 amide bonds. The zero-order valence-electron chi connectivity index (χ0n) is 5.63. The second kappa shape index (κ2) is 2.71. The lowest BCUT2D eigenvalue weighted by atomic mass is 10.1. The first-order valence-corrected chi connectivity index (χ1v) is 3.06. The second-order valence-electron chi connectivity index (χ2n) is 2.10. The third kappa shape index (κ3) is 1.11. The Morgan fingerprint density at radius 2 is 2.20 bits per heavy atom. The van der Waals surface area contributed by atoms with Crippen LogP contribution in [0, 0.1) is 6.92 Å². The minimum Gasteiger partial charge on any atom is -0.326 e. The summed E-state index contributed by atoms with van der Waals surface area (Å²) >= 11 is 0. The van der Waals surface area contributed by atoms with E-state index in [0.717, 1.165) is 5.56 Å². The monoisotopic (exact) mass is 135 g/mol. The van der Waals surface area contributed by atoms with Gasteiger partial charge in [-0.3, -0.25) is 5.11 Å². The summed E-state index contributed by atoms with van der Waals surface area (Å²) in [6, 6.07) is 4.96. The highest BCUT2D eigenvalue weighted by molar-refractivity contribution is 5.40. The summed E-state index contributed by atoms with van der Waals surface area (Å²) in [5, 5.41) is 11.0. The van der Waals surface area contributed by atoms with Crippen LogP contribution in [0.15, 0.2) is 18.2 Å². The van der Waals surface area contributed by atoms with Gasteiger partial charge in [0.1, 0.15) is 0 Å².